The highest BCUT2D eigenvalue weighted by atomic mass is 32.2. The number of methoxy groups -OCH3 is 1. The molecule has 2 aromatic rings. The van der Waals surface area contributed by atoms with Crippen molar-refractivity contribution in [1.82, 2.24) is 25.0 Å². The third kappa shape index (κ3) is 5.22. The first-order valence-electron chi connectivity index (χ1n) is 10.1. The molecular weight excluding hydrogens is 422 g/mol. The van der Waals surface area contributed by atoms with Gasteiger partial charge in [-0.2, -0.15) is 5.10 Å². The zero-order valence-electron chi connectivity index (χ0n) is 17.9. The van der Waals surface area contributed by atoms with E-state index in [0.29, 0.717) is 50.0 Å². The number of nitrogens with zero attached hydrogens (tertiary/aromatic N) is 4. The molecule has 2 aromatic heterocycles. The van der Waals surface area contributed by atoms with Crippen LogP contribution in [0.1, 0.15) is 52.5 Å². The summed E-state index contributed by atoms with van der Waals surface area (Å²) in [6.45, 7) is 6.93. The summed E-state index contributed by atoms with van der Waals surface area (Å²) in [5, 5.41) is 9.29. The molecule has 0 saturated carbocycles. The van der Waals surface area contributed by atoms with Gasteiger partial charge < -0.3 is 15.0 Å². The second-order valence-corrected chi connectivity index (χ2v) is 9.52. The lowest BCUT2D eigenvalue weighted by molar-refractivity contribution is 0.0724. The fourth-order valence-electron chi connectivity index (χ4n) is 3.37. The number of carbonyl (C=O) groups is 2. The SMILES string of the molecule is COCCNC(=O)c1nn(CCC(C)C)c2c1CN(C(=O)c1csc(SC)n1)CC2. The van der Waals surface area contributed by atoms with Crippen LogP contribution in [0.3, 0.4) is 0 Å². The number of hydrogen-bond donors (Lipinski definition) is 1. The number of nitrogens with one attached hydrogen (secondary N) is 1. The van der Waals surface area contributed by atoms with Crippen molar-refractivity contribution < 1.29 is 14.3 Å². The minimum absolute atomic E-state index is 0.0992. The summed E-state index contributed by atoms with van der Waals surface area (Å²) in [5.41, 5.74) is 2.77. The number of hydrogen-bond acceptors (Lipinski definition) is 7. The van der Waals surface area contributed by atoms with E-state index in [1.165, 1.54) is 23.1 Å². The minimum atomic E-state index is -0.223. The molecule has 0 saturated heterocycles. The van der Waals surface area contributed by atoms with E-state index >= 15 is 0 Å². The van der Waals surface area contributed by atoms with Gasteiger partial charge in [-0.3, -0.25) is 14.3 Å². The van der Waals surface area contributed by atoms with E-state index < -0.39 is 0 Å². The van der Waals surface area contributed by atoms with E-state index in [-0.39, 0.29) is 11.8 Å². The molecule has 0 atom stereocenters. The van der Waals surface area contributed by atoms with Gasteiger partial charge in [0, 0.05) is 49.8 Å². The molecule has 0 fully saturated rings. The summed E-state index contributed by atoms with van der Waals surface area (Å²) in [7, 11) is 1.60. The first kappa shape index (κ1) is 22.8. The number of rotatable bonds is 9. The fourth-order valence-corrected chi connectivity index (χ4v) is 4.61. The smallest absolute Gasteiger partial charge is 0.273 e. The predicted octanol–water partition coefficient (Wildman–Crippen LogP) is 2.68. The number of ether oxygens (including phenoxy) is 1. The lowest BCUT2D eigenvalue weighted by atomic mass is 10.0. The maximum absolute atomic E-state index is 13.0. The molecule has 1 aliphatic heterocycles. The van der Waals surface area contributed by atoms with Crippen LogP contribution in [-0.2, 0) is 24.2 Å². The van der Waals surface area contributed by atoms with E-state index in [4.69, 9.17) is 4.74 Å². The Bertz CT molecular complexity index is 893. The summed E-state index contributed by atoms with van der Waals surface area (Å²) in [6, 6.07) is 0. The van der Waals surface area contributed by atoms with Crippen LogP contribution < -0.4 is 5.32 Å². The Morgan fingerprint density at radius 1 is 1.40 bits per heavy atom. The van der Waals surface area contributed by atoms with Crippen molar-refractivity contribution in [2.24, 2.45) is 5.92 Å². The van der Waals surface area contributed by atoms with Crippen LogP contribution in [-0.4, -0.2) is 64.5 Å². The molecule has 0 aromatic carbocycles. The van der Waals surface area contributed by atoms with Gasteiger partial charge in [-0.05, 0) is 18.6 Å². The highest BCUT2D eigenvalue weighted by Gasteiger charge is 2.31. The van der Waals surface area contributed by atoms with Crippen molar-refractivity contribution in [1.29, 1.82) is 0 Å². The summed E-state index contributed by atoms with van der Waals surface area (Å²) < 4.78 is 7.85. The van der Waals surface area contributed by atoms with Crippen molar-refractivity contribution in [3.05, 3.63) is 28.0 Å². The molecule has 0 bridgehead atoms. The van der Waals surface area contributed by atoms with Gasteiger partial charge in [-0.25, -0.2) is 4.98 Å². The molecule has 164 valence electrons. The predicted molar refractivity (Wildman–Crippen MR) is 118 cm³/mol. The largest absolute Gasteiger partial charge is 0.383 e. The molecule has 3 rings (SSSR count). The molecule has 0 aliphatic carbocycles. The van der Waals surface area contributed by atoms with Crippen LogP contribution in [0.4, 0.5) is 0 Å². The highest BCUT2D eigenvalue weighted by Crippen LogP contribution is 2.26. The standard InChI is InChI=1S/C20H29N5O3S2/c1-13(2)5-9-25-16-6-8-24(19(27)15-12-30-20(22-15)29-4)11-14(16)17(23-25)18(26)21-7-10-28-3/h12-13H,5-11H2,1-4H3,(H,21,26). The summed E-state index contributed by atoms with van der Waals surface area (Å²) in [4.78, 5) is 31.9. The Hall–Kier alpha value is -1.91. The first-order chi connectivity index (χ1) is 14.4. The van der Waals surface area contributed by atoms with Crippen LogP contribution in [0.5, 0.6) is 0 Å². The number of thioether (sulfide) groups is 1. The lowest BCUT2D eigenvalue weighted by Crippen LogP contribution is -2.37. The van der Waals surface area contributed by atoms with Gasteiger partial charge in [0.1, 0.15) is 10.0 Å². The van der Waals surface area contributed by atoms with Crippen LogP contribution in [0.25, 0.3) is 0 Å². The van der Waals surface area contributed by atoms with Crippen LogP contribution in [0.15, 0.2) is 9.72 Å². The third-order valence-corrected chi connectivity index (χ3v) is 6.89. The molecular formula is C20H29N5O3S2. The Labute approximate surface area is 185 Å². The monoisotopic (exact) mass is 451 g/mol. The molecule has 1 aliphatic rings. The minimum Gasteiger partial charge on any atom is -0.383 e. The normalized spacial score (nSPS) is 13.6. The fraction of sp³-hybridized carbons (Fsp3) is 0.600. The summed E-state index contributed by atoms with van der Waals surface area (Å²) >= 11 is 3.00. The molecule has 30 heavy (non-hydrogen) atoms. The maximum atomic E-state index is 13.0. The second-order valence-electron chi connectivity index (χ2n) is 7.61. The number of aromatic nitrogens is 3. The van der Waals surface area contributed by atoms with Crippen LogP contribution in [0.2, 0.25) is 0 Å². The van der Waals surface area contributed by atoms with Gasteiger partial charge in [0.2, 0.25) is 0 Å². The molecule has 3 heterocycles. The quantitative estimate of drug-likeness (QED) is 0.466. The highest BCUT2D eigenvalue weighted by molar-refractivity contribution is 8.00. The second kappa shape index (κ2) is 10.4. The van der Waals surface area contributed by atoms with Gasteiger partial charge in [-0.15, -0.1) is 11.3 Å². The van der Waals surface area contributed by atoms with E-state index in [2.05, 4.69) is 29.2 Å². The number of fused-ring (bicyclic) bond motifs is 1. The van der Waals surface area contributed by atoms with E-state index in [1.54, 1.807) is 17.4 Å². The number of thiazole rings is 1. The van der Waals surface area contributed by atoms with Crippen LogP contribution >= 0.6 is 23.1 Å². The number of aryl methyl sites for hydroxylation is 1. The topological polar surface area (TPSA) is 89.4 Å². The average molecular weight is 452 g/mol. The van der Waals surface area contributed by atoms with Gasteiger partial charge in [0.05, 0.1) is 13.2 Å². The van der Waals surface area contributed by atoms with Crippen LogP contribution in [0, 0.1) is 5.92 Å². The number of carbonyl (C=O) groups excluding carboxylic acids is 2. The molecule has 0 unspecified atom stereocenters. The van der Waals surface area contributed by atoms with Crippen molar-refractivity contribution in [2.45, 2.75) is 44.1 Å². The van der Waals surface area contributed by atoms with Crippen molar-refractivity contribution in [3.63, 3.8) is 0 Å². The van der Waals surface area contributed by atoms with Gasteiger partial charge in [-0.1, -0.05) is 25.6 Å². The first-order valence-corrected chi connectivity index (χ1v) is 12.2. The number of amides is 2. The third-order valence-electron chi connectivity index (χ3n) is 5.02. The maximum Gasteiger partial charge on any atom is 0.273 e. The Kier molecular flexibility index (Phi) is 7.90. The van der Waals surface area contributed by atoms with Crippen molar-refractivity contribution >= 4 is 34.9 Å². The molecule has 2 amide bonds. The zero-order valence-corrected chi connectivity index (χ0v) is 19.6. The molecule has 1 N–H and O–H groups in total. The van der Waals surface area contributed by atoms with Crippen molar-refractivity contribution in [3.8, 4) is 0 Å². The summed E-state index contributed by atoms with van der Waals surface area (Å²) in [5.74, 6) is 0.220. The van der Waals surface area contributed by atoms with E-state index in [1.807, 2.05) is 10.9 Å². The Balaban J connectivity index is 1.83. The average Bonchev–Trinajstić information content (AvgIpc) is 3.36. The Morgan fingerprint density at radius 3 is 2.87 bits per heavy atom. The molecule has 0 spiro atoms. The van der Waals surface area contributed by atoms with Gasteiger partial charge in [0.25, 0.3) is 11.8 Å². The Morgan fingerprint density at radius 2 is 2.20 bits per heavy atom. The van der Waals surface area contributed by atoms with Gasteiger partial charge >= 0.3 is 0 Å². The molecule has 0 radical (unpaired) electrons. The molecule has 8 nitrogen and oxygen atoms in total. The summed E-state index contributed by atoms with van der Waals surface area (Å²) in [6.07, 6.45) is 3.61. The molecule has 10 heteroatoms. The van der Waals surface area contributed by atoms with E-state index in [0.717, 1.165) is 28.6 Å². The van der Waals surface area contributed by atoms with Crippen molar-refractivity contribution in [2.75, 3.05) is 33.1 Å². The zero-order chi connectivity index (χ0) is 21.7. The lowest BCUT2D eigenvalue weighted by Gasteiger charge is -2.27. The van der Waals surface area contributed by atoms with Gasteiger partial charge in [0.15, 0.2) is 5.69 Å². The van der Waals surface area contributed by atoms with E-state index in [9.17, 15) is 9.59 Å².